The molecule has 1 aromatic rings. The number of oxime groups is 1. The van der Waals surface area contributed by atoms with Crippen molar-refractivity contribution in [3.8, 4) is 5.75 Å². The van der Waals surface area contributed by atoms with E-state index in [1.165, 1.54) is 6.21 Å². The van der Waals surface area contributed by atoms with Crippen LogP contribution in [-0.2, 0) is 9.63 Å². The average Bonchev–Trinajstić information content (AvgIpc) is 2.15. The molecular weight excluding hydrogens is 170 g/mol. The van der Waals surface area contributed by atoms with Crippen LogP contribution in [0.1, 0.15) is 5.56 Å². The van der Waals surface area contributed by atoms with E-state index < -0.39 is 0 Å². The second-order valence-corrected chi connectivity index (χ2v) is 2.29. The maximum atomic E-state index is 9.83. The highest BCUT2D eigenvalue weighted by atomic mass is 16.6. The molecule has 1 aromatic carbocycles. The van der Waals surface area contributed by atoms with Crippen molar-refractivity contribution < 1.29 is 14.7 Å². The number of nitrogens with zero attached hydrogens (tertiary/aromatic N) is 1. The number of phenols is 1. The Labute approximate surface area is 75.4 Å². The van der Waals surface area contributed by atoms with Crippen LogP contribution in [0.2, 0.25) is 0 Å². The van der Waals surface area contributed by atoms with E-state index in [1.807, 2.05) is 0 Å². The predicted octanol–water partition coefficient (Wildman–Crippen LogP) is 0.942. The van der Waals surface area contributed by atoms with Gasteiger partial charge in [-0.2, -0.15) is 0 Å². The number of rotatable bonds is 4. The quantitative estimate of drug-likeness (QED) is 0.324. The van der Waals surface area contributed by atoms with E-state index in [1.54, 1.807) is 24.3 Å². The first-order chi connectivity index (χ1) is 6.33. The summed E-state index contributed by atoms with van der Waals surface area (Å²) in [5, 5.41) is 12.5. The lowest BCUT2D eigenvalue weighted by Gasteiger charge is -1.93. The number of carbonyl (C=O) groups excluding carboxylic acids is 1. The summed E-state index contributed by atoms with van der Waals surface area (Å²) < 4.78 is 0. The molecule has 0 amide bonds. The Balaban J connectivity index is 2.49. The average molecular weight is 179 g/mol. The van der Waals surface area contributed by atoms with Gasteiger partial charge in [0.1, 0.15) is 5.75 Å². The number of aldehydes is 1. The molecule has 0 aliphatic rings. The minimum atomic E-state index is -0.0470. The first-order valence-electron chi connectivity index (χ1n) is 3.71. The predicted molar refractivity (Wildman–Crippen MR) is 47.7 cm³/mol. The van der Waals surface area contributed by atoms with Crippen LogP contribution in [0.25, 0.3) is 0 Å². The van der Waals surface area contributed by atoms with Crippen LogP contribution in [0, 0.1) is 0 Å². The Hall–Kier alpha value is -1.84. The normalized spacial score (nSPS) is 10.2. The van der Waals surface area contributed by atoms with Crippen LogP contribution < -0.4 is 0 Å². The minimum absolute atomic E-state index is 0.0470. The summed E-state index contributed by atoms with van der Waals surface area (Å²) in [5.41, 5.74) is 0.795. The maximum Gasteiger partial charge on any atom is 0.172 e. The van der Waals surface area contributed by atoms with Gasteiger partial charge < -0.3 is 9.94 Å². The molecule has 0 saturated heterocycles. The maximum absolute atomic E-state index is 9.83. The molecule has 0 radical (unpaired) electrons. The smallest absolute Gasteiger partial charge is 0.172 e. The molecule has 0 bridgehead atoms. The third-order valence-corrected chi connectivity index (χ3v) is 1.31. The van der Waals surface area contributed by atoms with Crippen molar-refractivity contribution >= 4 is 12.5 Å². The van der Waals surface area contributed by atoms with E-state index in [-0.39, 0.29) is 12.4 Å². The molecule has 0 unspecified atom stereocenters. The summed E-state index contributed by atoms with van der Waals surface area (Å²) in [7, 11) is 0. The second kappa shape index (κ2) is 4.92. The van der Waals surface area contributed by atoms with Crippen molar-refractivity contribution in [1.82, 2.24) is 0 Å². The third kappa shape index (κ3) is 3.37. The van der Waals surface area contributed by atoms with E-state index in [4.69, 9.17) is 5.11 Å². The van der Waals surface area contributed by atoms with Crippen molar-refractivity contribution in [2.24, 2.45) is 5.16 Å². The van der Waals surface area contributed by atoms with Crippen LogP contribution in [0.15, 0.2) is 29.4 Å². The van der Waals surface area contributed by atoms with Crippen molar-refractivity contribution in [3.63, 3.8) is 0 Å². The molecule has 1 rings (SSSR count). The molecule has 0 aliphatic heterocycles. The fourth-order valence-corrected chi connectivity index (χ4v) is 0.732. The summed E-state index contributed by atoms with van der Waals surface area (Å²) in [6.45, 7) is -0.0470. The number of aromatic hydroxyl groups is 1. The van der Waals surface area contributed by atoms with Gasteiger partial charge >= 0.3 is 0 Å². The number of hydrogen-bond donors (Lipinski definition) is 1. The Morgan fingerprint density at radius 2 is 2.08 bits per heavy atom. The molecule has 68 valence electrons. The Bertz CT molecular complexity index is 292. The largest absolute Gasteiger partial charge is 0.508 e. The Kier molecular flexibility index (Phi) is 3.50. The van der Waals surface area contributed by atoms with E-state index in [0.717, 1.165) is 5.56 Å². The van der Waals surface area contributed by atoms with E-state index in [9.17, 15) is 4.79 Å². The summed E-state index contributed by atoms with van der Waals surface area (Å²) in [5.74, 6) is 0.200. The zero-order chi connectivity index (χ0) is 9.52. The van der Waals surface area contributed by atoms with Gasteiger partial charge in [0.05, 0.1) is 6.21 Å². The van der Waals surface area contributed by atoms with Crippen LogP contribution in [0.5, 0.6) is 5.75 Å². The van der Waals surface area contributed by atoms with Gasteiger partial charge in [-0.1, -0.05) is 5.16 Å². The molecule has 0 atom stereocenters. The second-order valence-electron chi connectivity index (χ2n) is 2.29. The highest BCUT2D eigenvalue weighted by Crippen LogP contribution is 2.07. The molecule has 4 heteroatoms. The van der Waals surface area contributed by atoms with Gasteiger partial charge in [0, 0.05) is 0 Å². The van der Waals surface area contributed by atoms with Gasteiger partial charge in [0.25, 0.3) is 0 Å². The molecular formula is C9H9NO3. The van der Waals surface area contributed by atoms with Crippen molar-refractivity contribution in [2.75, 3.05) is 6.61 Å². The Morgan fingerprint density at radius 1 is 1.38 bits per heavy atom. The first-order valence-corrected chi connectivity index (χ1v) is 3.71. The van der Waals surface area contributed by atoms with E-state index in [2.05, 4.69) is 9.99 Å². The van der Waals surface area contributed by atoms with Gasteiger partial charge in [-0.3, -0.25) is 4.79 Å². The van der Waals surface area contributed by atoms with Crippen molar-refractivity contribution in [2.45, 2.75) is 0 Å². The molecule has 13 heavy (non-hydrogen) atoms. The lowest BCUT2D eigenvalue weighted by atomic mass is 10.2. The van der Waals surface area contributed by atoms with E-state index in [0.29, 0.717) is 6.29 Å². The molecule has 0 fully saturated rings. The standard InChI is InChI=1S/C9H9NO3/c11-5-6-13-10-7-8-1-3-9(12)4-2-8/h1-5,7,12H,6H2/b10-7+. The van der Waals surface area contributed by atoms with Gasteiger partial charge in [-0.25, -0.2) is 0 Å². The summed E-state index contributed by atoms with van der Waals surface area (Å²) in [4.78, 5) is 14.4. The molecule has 0 aliphatic carbocycles. The number of hydrogen-bond acceptors (Lipinski definition) is 4. The first kappa shape index (κ1) is 9.25. The summed E-state index contributed by atoms with van der Waals surface area (Å²) in [6, 6.07) is 6.45. The van der Waals surface area contributed by atoms with Gasteiger partial charge in [0.15, 0.2) is 12.9 Å². The Morgan fingerprint density at radius 3 is 2.69 bits per heavy atom. The van der Waals surface area contributed by atoms with Crippen LogP contribution in [0.4, 0.5) is 0 Å². The zero-order valence-electron chi connectivity index (χ0n) is 6.88. The number of phenolic OH excluding ortho intramolecular Hbond substituents is 1. The number of carbonyl (C=O) groups is 1. The van der Waals surface area contributed by atoms with Gasteiger partial charge in [-0.05, 0) is 29.8 Å². The fraction of sp³-hybridized carbons (Fsp3) is 0.111. The van der Waals surface area contributed by atoms with Crippen molar-refractivity contribution in [1.29, 1.82) is 0 Å². The van der Waals surface area contributed by atoms with Gasteiger partial charge in [-0.15, -0.1) is 0 Å². The summed E-state index contributed by atoms with van der Waals surface area (Å²) >= 11 is 0. The van der Waals surface area contributed by atoms with Gasteiger partial charge in [0.2, 0.25) is 0 Å². The molecule has 1 N–H and O–H groups in total. The minimum Gasteiger partial charge on any atom is -0.508 e. The lowest BCUT2D eigenvalue weighted by molar-refractivity contribution is -0.111. The monoisotopic (exact) mass is 179 g/mol. The fourth-order valence-electron chi connectivity index (χ4n) is 0.732. The molecule has 0 aromatic heterocycles. The molecule has 0 heterocycles. The highest BCUT2D eigenvalue weighted by molar-refractivity contribution is 5.79. The SMILES string of the molecule is O=CCO/N=C/c1ccc(O)cc1. The third-order valence-electron chi connectivity index (χ3n) is 1.31. The van der Waals surface area contributed by atoms with Crippen LogP contribution >= 0.6 is 0 Å². The molecule has 0 saturated carbocycles. The summed E-state index contributed by atoms with van der Waals surface area (Å²) in [6.07, 6.45) is 2.08. The van der Waals surface area contributed by atoms with Crippen LogP contribution in [0.3, 0.4) is 0 Å². The molecule has 4 nitrogen and oxygen atoms in total. The van der Waals surface area contributed by atoms with E-state index >= 15 is 0 Å². The van der Waals surface area contributed by atoms with Crippen molar-refractivity contribution in [3.05, 3.63) is 29.8 Å². The molecule has 0 spiro atoms. The van der Waals surface area contributed by atoms with Crippen LogP contribution in [-0.4, -0.2) is 24.2 Å². The number of benzene rings is 1. The highest BCUT2D eigenvalue weighted by Gasteiger charge is 1.88. The zero-order valence-corrected chi connectivity index (χ0v) is 6.88. The topological polar surface area (TPSA) is 58.9 Å². The lowest BCUT2D eigenvalue weighted by Crippen LogP contribution is -1.88.